The van der Waals surface area contributed by atoms with Crippen molar-refractivity contribution in [1.29, 1.82) is 0 Å². The summed E-state index contributed by atoms with van der Waals surface area (Å²) in [4.78, 5) is 8.90. The van der Waals surface area contributed by atoms with Gasteiger partial charge in [0.05, 0.1) is 0 Å². The van der Waals surface area contributed by atoms with Gasteiger partial charge in [-0.1, -0.05) is 61.5 Å². The minimum absolute atomic E-state index is 0.145. The first-order valence-electron chi connectivity index (χ1n) is 9.88. The fourth-order valence-corrected chi connectivity index (χ4v) is 3.88. The summed E-state index contributed by atoms with van der Waals surface area (Å²) in [5.74, 6) is -2.90. The molecule has 13 heteroatoms. The van der Waals surface area contributed by atoms with Gasteiger partial charge in [-0.3, -0.25) is 0 Å². The third kappa shape index (κ3) is 5.72. The number of nitrogens with one attached hydrogen (secondary N) is 1. The maximum absolute atomic E-state index is 13.1. The average Bonchev–Trinajstić information content (AvgIpc) is 3.15. The lowest BCUT2D eigenvalue weighted by atomic mass is 9.71. The number of hydrogen-bond acceptors (Lipinski definition) is 3. The van der Waals surface area contributed by atoms with Crippen LogP contribution in [0.4, 0.5) is 39.5 Å². The van der Waals surface area contributed by atoms with E-state index >= 15 is 0 Å². The molecule has 0 bridgehead atoms. The van der Waals surface area contributed by atoms with Gasteiger partial charge in [-0.15, -0.1) is 0 Å². The molecule has 194 valence electrons. The van der Waals surface area contributed by atoms with Crippen LogP contribution in [0.2, 0.25) is 0 Å². The molecule has 2 aromatic rings. The van der Waals surface area contributed by atoms with E-state index in [1.165, 1.54) is 12.1 Å². The number of aliphatic hydroxyl groups is 1. The maximum Gasteiger partial charge on any atom is 0.490 e. The summed E-state index contributed by atoms with van der Waals surface area (Å²) in [6.45, 7) is 3.16. The molecule has 3 N–H and O–H groups in total. The fourth-order valence-electron chi connectivity index (χ4n) is 3.88. The molecule has 0 aromatic heterocycles. The van der Waals surface area contributed by atoms with E-state index in [-0.39, 0.29) is 11.3 Å². The van der Waals surface area contributed by atoms with Crippen LogP contribution in [-0.4, -0.2) is 47.8 Å². The molecule has 0 aliphatic carbocycles. The zero-order chi connectivity index (χ0) is 26.9. The highest BCUT2D eigenvalue weighted by Crippen LogP contribution is 2.50. The van der Waals surface area contributed by atoms with Crippen LogP contribution in [0.5, 0.6) is 0 Å². The third-order valence-electron chi connectivity index (χ3n) is 5.84. The summed E-state index contributed by atoms with van der Waals surface area (Å²) < 4.78 is 110. The lowest BCUT2D eigenvalue weighted by molar-refractivity contribution is -0.376. The Bertz CT molecular complexity index is 988. The second-order valence-corrected chi connectivity index (χ2v) is 8.10. The summed E-state index contributed by atoms with van der Waals surface area (Å²) in [6.07, 6.45) is -16.9. The third-order valence-corrected chi connectivity index (χ3v) is 5.84. The highest BCUT2D eigenvalue weighted by molar-refractivity contribution is 5.73. The number of carboxylic acids is 1. The van der Waals surface area contributed by atoms with Crippen LogP contribution in [0.15, 0.2) is 54.6 Å². The van der Waals surface area contributed by atoms with Gasteiger partial charge < -0.3 is 15.5 Å². The second-order valence-electron chi connectivity index (χ2n) is 8.10. The van der Waals surface area contributed by atoms with E-state index < -0.39 is 35.7 Å². The number of aliphatic carboxylic acids is 1. The van der Waals surface area contributed by atoms with Gasteiger partial charge in [-0.25, -0.2) is 4.79 Å². The molecule has 0 saturated carbocycles. The monoisotopic (exact) mass is 517 g/mol. The molecular formula is C22H20F9NO3. The molecule has 0 amide bonds. The van der Waals surface area contributed by atoms with Gasteiger partial charge in [-0.2, -0.15) is 39.5 Å². The van der Waals surface area contributed by atoms with E-state index in [9.17, 15) is 44.6 Å². The molecule has 2 aromatic carbocycles. The Kier molecular flexibility index (Phi) is 7.87. The predicted molar refractivity (Wildman–Crippen MR) is 106 cm³/mol. The summed E-state index contributed by atoms with van der Waals surface area (Å²) in [5.41, 5.74) is -4.89. The van der Waals surface area contributed by atoms with Crippen LogP contribution < -0.4 is 5.32 Å². The van der Waals surface area contributed by atoms with E-state index in [1.807, 2.05) is 37.3 Å². The molecule has 1 saturated heterocycles. The van der Waals surface area contributed by atoms with E-state index in [1.54, 1.807) is 0 Å². The van der Waals surface area contributed by atoms with E-state index in [0.717, 1.165) is 5.56 Å². The molecule has 2 atom stereocenters. The normalized spacial score (nSPS) is 21.3. The standard InChI is InChI=1S/C20H19F6NO.C2HF3O2/c1-17(14-5-3-2-4-6-14)12-27-11-16(17)13-7-9-15(10-8-13)18(28,19(21,22)23)20(24,25)26;3-2(4,5)1(6)7/h2-10,16,27-28H,11-12H2,1H3;(H,6,7)/t16-,17+;/m1./s1. The lowest BCUT2D eigenvalue weighted by Crippen LogP contribution is -2.53. The number of benzene rings is 2. The summed E-state index contributed by atoms with van der Waals surface area (Å²) in [6, 6.07) is 13.4. The van der Waals surface area contributed by atoms with E-state index in [0.29, 0.717) is 30.8 Å². The largest absolute Gasteiger partial charge is 0.490 e. The first-order chi connectivity index (χ1) is 15.9. The number of carbonyl (C=O) groups is 1. The minimum Gasteiger partial charge on any atom is -0.475 e. The van der Waals surface area contributed by atoms with Gasteiger partial charge in [0.25, 0.3) is 5.60 Å². The van der Waals surface area contributed by atoms with Crippen molar-refractivity contribution in [2.24, 2.45) is 0 Å². The second kappa shape index (κ2) is 9.69. The van der Waals surface area contributed by atoms with E-state index in [4.69, 9.17) is 9.90 Å². The Balaban J connectivity index is 0.000000540. The topological polar surface area (TPSA) is 69.6 Å². The molecule has 4 nitrogen and oxygen atoms in total. The summed E-state index contributed by atoms with van der Waals surface area (Å²) in [5, 5.41) is 19.9. The van der Waals surface area contributed by atoms with Crippen LogP contribution >= 0.6 is 0 Å². The molecule has 1 heterocycles. The first kappa shape index (κ1) is 28.4. The number of carboxylic acid groups (broad SMARTS) is 1. The smallest absolute Gasteiger partial charge is 0.475 e. The number of halogens is 9. The maximum atomic E-state index is 13.1. The van der Waals surface area contributed by atoms with Crippen molar-refractivity contribution in [3.63, 3.8) is 0 Å². The SMILES string of the molecule is C[C@@]1(c2ccccc2)CNC[C@@H]1c1ccc(C(O)(C(F)(F)F)C(F)(F)F)cc1.O=C(O)C(F)(F)F. The Hall–Kier alpha value is -2.80. The first-order valence-corrected chi connectivity index (χ1v) is 9.88. The van der Waals surface area contributed by atoms with Crippen molar-refractivity contribution in [3.05, 3.63) is 71.3 Å². The van der Waals surface area contributed by atoms with Crippen molar-refractivity contribution in [3.8, 4) is 0 Å². The minimum atomic E-state index is -5.89. The van der Waals surface area contributed by atoms with Crippen molar-refractivity contribution >= 4 is 5.97 Å². The van der Waals surface area contributed by atoms with Crippen LogP contribution in [0, 0.1) is 0 Å². The molecule has 0 unspecified atom stereocenters. The van der Waals surface area contributed by atoms with Gasteiger partial charge in [0.1, 0.15) is 0 Å². The summed E-state index contributed by atoms with van der Waals surface area (Å²) >= 11 is 0. The highest BCUT2D eigenvalue weighted by atomic mass is 19.4. The van der Waals surface area contributed by atoms with Gasteiger partial charge in [0.2, 0.25) is 0 Å². The zero-order valence-electron chi connectivity index (χ0n) is 17.9. The van der Waals surface area contributed by atoms with Crippen LogP contribution in [0.25, 0.3) is 0 Å². The van der Waals surface area contributed by atoms with Crippen molar-refractivity contribution in [2.45, 2.75) is 42.4 Å². The van der Waals surface area contributed by atoms with Gasteiger partial charge in [-0.05, 0) is 11.1 Å². The fraction of sp³-hybridized carbons (Fsp3) is 0.409. The van der Waals surface area contributed by atoms with Crippen molar-refractivity contribution in [2.75, 3.05) is 13.1 Å². The Morgan fingerprint density at radius 1 is 0.886 bits per heavy atom. The lowest BCUT2D eigenvalue weighted by Gasteiger charge is -2.34. The Morgan fingerprint density at radius 3 is 1.74 bits per heavy atom. The highest BCUT2D eigenvalue weighted by Gasteiger charge is 2.71. The molecule has 1 aliphatic rings. The molecule has 1 fully saturated rings. The van der Waals surface area contributed by atoms with Crippen LogP contribution in [0.1, 0.15) is 29.5 Å². The molecule has 0 spiro atoms. The average molecular weight is 517 g/mol. The predicted octanol–water partition coefficient (Wildman–Crippen LogP) is 5.28. The number of rotatable bonds is 3. The van der Waals surface area contributed by atoms with Gasteiger partial charge in [0.15, 0.2) is 0 Å². The van der Waals surface area contributed by atoms with Gasteiger partial charge in [0, 0.05) is 30.0 Å². The molecular weight excluding hydrogens is 497 g/mol. The zero-order valence-corrected chi connectivity index (χ0v) is 17.9. The summed E-state index contributed by atoms with van der Waals surface area (Å²) in [7, 11) is 0. The molecule has 1 aliphatic heterocycles. The molecule has 3 rings (SSSR count). The van der Waals surface area contributed by atoms with Crippen molar-refractivity contribution < 1.29 is 54.5 Å². The molecule has 0 radical (unpaired) electrons. The van der Waals surface area contributed by atoms with E-state index in [2.05, 4.69) is 5.32 Å². The van der Waals surface area contributed by atoms with Crippen LogP contribution in [0.3, 0.4) is 0 Å². The van der Waals surface area contributed by atoms with Crippen molar-refractivity contribution in [1.82, 2.24) is 5.32 Å². The molecule has 35 heavy (non-hydrogen) atoms. The quantitative estimate of drug-likeness (QED) is 0.485. The van der Waals surface area contributed by atoms with Gasteiger partial charge >= 0.3 is 24.5 Å². The number of hydrogen-bond donors (Lipinski definition) is 3. The number of alkyl halides is 9. The Labute approximate surface area is 193 Å². The Morgan fingerprint density at radius 2 is 1.34 bits per heavy atom. The van der Waals surface area contributed by atoms with Crippen LogP contribution in [-0.2, 0) is 15.8 Å².